The van der Waals surface area contributed by atoms with Crippen molar-refractivity contribution in [2.45, 2.75) is 0 Å². The minimum atomic E-state index is 0.656. The van der Waals surface area contributed by atoms with Crippen LogP contribution in [0.2, 0.25) is 0 Å². The lowest BCUT2D eigenvalue weighted by Crippen LogP contribution is -2.46. The summed E-state index contributed by atoms with van der Waals surface area (Å²) < 4.78 is 0. The highest BCUT2D eigenvalue weighted by atomic mass is 15.3. The van der Waals surface area contributed by atoms with Crippen LogP contribution in [0.5, 0.6) is 0 Å². The number of hydrogen-bond acceptors (Lipinski definition) is 4. The van der Waals surface area contributed by atoms with E-state index in [4.69, 9.17) is 5.73 Å². The van der Waals surface area contributed by atoms with Crippen LogP contribution < -0.4 is 15.5 Å². The summed E-state index contributed by atoms with van der Waals surface area (Å²) in [5.41, 5.74) is 8.15. The molecular weight excluding hydrogens is 226 g/mol. The van der Waals surface area contributed by atoms with Gasteiger partial charge in [-0.2, -0.15) is 5.10 Å². The summed E-state index contributed by atoms with van der Waals surface area (Å²) in [5, 5.41) is 6.75. The standard InChI is InChI=1S/C13H17N5/c14-13-12(10-15-16-13)18-8-6-17(7-9-18)11-4-2-1-3-5-11/h1-5,10H,6-9H2,(H3,14,15,16). The highest BCUT2D eigenvalue weighted by Gasteiger charge is 2.19. The maximum absolute atomic E-state index is 5.84. The van der Waals surface area contributed by atoms with Gasteiger partial charge in [0.25, 0.3) is 0 Å². The topological polar surface area (TPSA) is 61.2 Å². The van der Waals surface area contributed by atoms with E-state index in [0.717, 1.165) is 31.9 Å². The molecule has 1 aromatic heterocycles. The third-order valence-electron chi connectivity index (χ3n) is 3.39. The molecule has 0 saturated carbocycles. The fourth-order valence-electron chi connectivity index (χ4n) is 2.39. The zero-order valence-corrected chi connectivity index (χ0v) is 10.2. The van der Waals surface area contributed by atoms with Crippen molar-refractivity contribution in [2.24, 2.45) is 0 Å². The van der Waals surface area contributed by atoms with Gasteiger partial charge in [0.2, 0.25) is 0 Å². The van der Waals surface area contributed by atoms with Crippen LogP contribution in [0.1, 0.15) is 0 Å². The van der Waals surface area contributed by atoms with Gasteiger partial charge in [0.15, 0.2) is 0 Å². The number of benzene rings is 1. The van der Waals surface area contributed by atoms with Crippen LogP contribution in [-0.2, 0) is 0 Å². The van der Waals surface area contributed by atoms with Crippen LogP contribution in [0.25, 0.3) is 0 Å². The third kappa shape index (κ3) is 1.99. The van der Waals surface area contributed by atoms with Crippen LogP contribution in [0.4, 0.5) is 17.2 Å². The number of nitrogen functional groups attached to an aromatic ring is 1. The minimum Gasteiger partial charge on any atom is -0.382 e. The zero-order chi connectivity index (χ0) is 12.4. The molecule has 1 saturated heterocycles. The average Bonchev–Trinajstić information content (AvgIpc) is 2.86. The molecule has 0 radical (unpaired) electrons. The smallest absolute Gasteiger partial charge is 0.142 e. The summed E-state index contributed by atoms with van der Waals surface area (Å²) in [7, 11) is 0. The molecular formula is C13H17N5. The number of anilines is 3. The number of aromatic nitrogens is 2. The maximum Gasteiger partial charge on any atom is 0.142 e. The van der Waals surface area contributed by atoms with Crippen molar-refractivity contribution in [2.75, 3.05) is 41.7 Å². The van der Waals surface area contributed by atoms with E-state index < -0.39 is 0 Å². The van der Waals surface area contributed by atoms with Crippen molar-refractivity contribution >= 4 is 17.2 Å². The predicted molar refractivity (Wildman–Crippen MR) is 73.9 cm³/mol. The SMILES string of the molecule is Nc1[nH]ncc1N1CCN(c2ccccc2)CC1. The molecule has 0 amide bonds. The summed E-state index contributed by atoms with van der Waals surface area (Å²) in [6, 6.07) is 10.5. The molecule has 3 N–H and O–H groups in total. The van der Waals surface area contributed by atoms with Gasteiger partial charge < -0.3 is 15.5 Å². The Hall–Kier alpha value is -2.17. The molecule has 5 heteroatoms. The molecule has 5 nitrogen and oxygen atoms in total. The summed E-state index contributed by atoms with van der Waals surface area (Å²) in [4.78, 5) is 4.67. The Morgan fingerprint density at radius 1 is 1.00 bits per heavy atom. The quantitative estimate of drug-likeness (QED) is 0.835. The Labute approximate surface area is 106 Å². The molecule has 94 valence electrons. The summed E-state index contributed by atoms with van der Waals surface area (Å²) >= 11 is 0. The summed E-state index contributed by atoms with van der Waals surface area (Å²) in [6.07, 6.45) is 1.80. The van der Waals surface area contributed by atoms with Gasteiger partial charge in [-0.15, -0.1) is 0 Å². The third-order valence-corrected chi connectivity index (χ3v) is 3.39. The van der Waals surface area contributed by atoms with Gasteiger partial charge in [0, 0.05) is 31.9 Å². The van der Waals surface area contributed by atoms with Crippen LogP contribution in [0.3, 0.4) is 0 Å². The second-order valence-corrected chi connectivity index (χ2v) is 4.48. The number of rotatable bonds is 2. The van der Waals surface area contributed by atoms with Gasteiger partial charge in [0.05, 0.1) is 11.9 Å². The highest BCUT2D eigenvalue weighted by molar-refractivity contribution is 5.63. The van der Waals surface area contributed by atoms with E-state index in [1.807, 2.05) is 6.07 Å². The van der Waals surface area contributed by atoms with Crippen molar-refractivity contribution in [3.63, 3.8) is 0 Å². The summed E-state index contributed by atoms with van der Waals surface area (Å²) in [5.74, 6) is 0.656. The number of hydrogen-bond donors (Lipinski definition) is 2. The molecule has 1 fully saturated rings. The van der Waals surface area contributed by atoms with Crippen LogP contribution in [0.15, 0.2) is 36.5 Å². The number of nitrogens with two attached hydrogens (primary N) is 1. The largest absolute Gasteiger partial charge is 0.382 e. The molecule has 2 aromatic rings. The molecule has 1 aliphatic rings. The normalized spacial score (nSPS) is 16.0. The van der Waals surface area contributed by atoms with E-state index in [1.165, 1.54) is 5.69 Å². The number of nitrogens with zero attached hydrogens (tertiary/aromatic N) is 3. The van der Waals surface area contributed by atoms with Crippen LogP contribution in [-0.4, -0.2) is 36.4 Å². The molecule has 0 aliphatic carbocycles. The van der Waals surface area contributed by atoms with Crippen molar-refractivity contribution in [1.29, 1.82) is 0 Å². The van der Waals surface area contributed by atoms with Crippen molar-refractivity contribution in [3.05, 3.63) is 36.5 Å². The first-order chi connectivity index (χ1) is 8.84. The van der Waals surface area contributed by atoms with Gasteiger partial charge >= 0.3 is 0 Å². The number of para-hydroxylation sites is 1. The number of nitrogens with one attached hydrogen (secondary N) is 1. The second-order valence-electron chi connectivity index (χ2n) is 4.48. The molecule has 0 bridgehead atoms. The van der Waals surface area contributed by atoms with Gasteiger partial charge in [-0.1, -0.05) is 18.2 Å². The van der Waals surface area contributed by atoms with Crippen molar-refractivity contribution in [1.82, 2.24) is 10.2 Å². The fourth-order valence-corrected chi connectivity index (χ4v) is 2.39. The minimum absolute atomic E-state index is 0.656. The van der Waals surface area contributed by atoms with Gasteiger partial charge in [0.1, 0.15) is 5.82 Å². The van der Waals surface area contributed by atoms with E-state index in [1.54, 1.807) is 6.20 Å². The zero-order valence-electron chi connectivity index (χ0n) is 10.2. The number of piperazine rings is 1. The highest BCUT2D eigenvalue weighted by Crippen LogP contribution is 2.23. The Morgan fingerprint density at radius 3 is 2.28 bits per heavy atom. The monoisotopic (exact) mass is 243 g/mol. The number of H-pyrrole nitrogens is 1. The van der Waals surface area contributed by atoms with Crippen LogP contribution in [0, 0.1) is 0 Å². The van der Waals surface area contributed by atoms with E-state index >= 15 is 0 Å². The molecule has 3 rings (SSSR count). The maximum atomic E-state index is 5.84. The van der Waals surface area contributed by atoms with Gasteiger partial charge in [-0.05, 0) is 12.1 Å². The summed E-state index contributed by atoms with van der Waals surface area (Å²) in [6.45, 7) is 3.96. The van der Waals surface area contributed by atoms with Gasteiger partial charge in [-0.25, -0.2) is 0 Å². The number of aromatic amines is 1. The van der Waals surface area contributed by atoms with Crippen LogP contribution >= 0.6 is 0 Å². The van der Waals surface area contributed by atoms with Gasteiger partial charge in [-0.3, -0.25) is 5.10 Å². The lowest BCUT2D eigenvalue weighted by molar-refractivity contribution is 0.654. The molecule has 0 atom stereocenters. The van der Waals surface area contributed by atoms with E-state index in [0.29, 0.717) is 5.82 Å². The molecule has 2 heterocycles. The van der Waals surface area contributed by atoms with Crippen molar-refractivity contribution in [3.8, 4) is 0 Å². The molecule has 18 heavy (non-hydrogen) atoms. The van der Waals surface area contributed by atoms with E-state index in [2.05, 4.69) is 44.3 Å². The van der Waals surface area contributed by atoms with Crippen molar-refractivity contribution < 1.29 is 0 Å². The molecule has 1 aromatic carbocycles. The molecule has 0 spiro atoms. The Balaban J connectivity index is 1.67. The first-order valence-corrected chi connectivity index (χ1v) is 6.18. The first-order valence-electron chi connectivity index (χ1n) is 6.18. The fraction of sp³-hybridized carbons (Fsp3) is 0.308. The average molecular weight is 243 g/mol. The lowest BCUT2D eigenvalue weighted by Gasteiger charge is -2.36. The molecule has 1 aliphatic heterocycles. The second kappa shape index (κ2) is 4.60. The Kier molecular flexibility index (Phi) is 2.80. The Morgan fingerprint density at radius 2 is 1.67 bits per heavy atom. The Bertz CT molecular complexity index is 499. The van der Waals surface area contributed by atoms with E-state index in [9.17, 15) is 0 Å². The predicted octanol–water partition coefficient (Wildman–Crippen LogP) is 1.32. The first kappa shape index (κ1) is 11.0. The molecule has 0 unspecified atom stereocenters. The van der Waals surface area contributed by atoms with E-state index in [-0.39, 0.29) is 0 Å². The lowest BCUT2D eigenvalue weighted by atomic mass is 10.2.